The lowest BCUT2D eigenvalue weighted by Gasteiger charge is -2.12. The van der Waals surface area contributed by atoms with Gasteiger partial charge >= 0.3 is 5.97 Å². The number of rotatable bonds is 5. The van der Waals surface area contributed by atoms with E-state index in [1.54, 1.807) is 19.1 Å². The molecule has 0 saturated heterocycles. The molecular formula is C13H18N2O4. The van der Waals surface area contributed by atoms with Crippen LogP contribution in [0.3, 0.4) is 0 Å². The summed E-state index contributed by atoms with van der Waals surface area (Å²) in [5, 5.41) is 2.52. The van der Waals surface area contributed by atoms with Gasteiger partial charge in [-0.3, -0.25) is 4.79 Å². The van der Waals surface area contributed by atoms with Gasteiger partial charge in [0.1, 0.15) is 11.8 Å². The van der Waals surface area contributed by atoms with Crippen LogP contribution in [0.4, 0.5) is 5.69 Å². The van der Waals surface area contributed by atoms with Crippen molar-refractivity contribution in [1.29, 1.82) is 0 Å². The Kier molecular flexibility index (Phi) is 5.17. The first kappa shape index (κ1) is 14.8. The van der Waals surface area contributed by atoms with E-state index in [-0.39, 0.29) is 0 Å². The minimum Gasteiger partial charge on any atom is -0.494 e. The molecule has 0 spiro atoms. The van der Waals surface area contributed by atoms with Crippen LogP contribution in [0.2, 0.25) is 0 Å². The quantitative estimate of drug-likeness (QED) is 0.612. The van der Waals surface area contributed by atoms with E-state index < -0.39 is 17.9 Å². The monoisotopic (exact) mass is 266 g/mol. The van der Waals surface area contributed by atoms with E-state index in [0.717, 1.165) is 0 Å². The zero-order valence-electron chi connectivity index (χ0n) is 11.2. The van der Waals surface area contributed by atoms with Crippen LogP contribution in [0.15, 0.2) is 18.2 Å². The summed E-state index contributed by atoms with van der Waals surface area (Å²) in [5.74, 6) is -0.410. The van der Waals surface area contributed by atoms with Crippen molar-refractivity contribution < 1.29 is 19.1 Å². The van der Waals surface area contributed by atoms with Gasteiger partial charge in [-0.2, -0.15) is 0 Å². The number of hydrogen-bond acceptors (Lipinski definition) is 5. The zero-order valence-corrected chi connectivity index (χ0v) is 11.2. The number of carbonyl (C=O) groups is 2. The van der Waals surface area contributed by atoms with E-state index in [9.17, 15) is 9.59 Å². The van der Waals surface area contributed by atoms with Crippen LogP contribution >= 0.6 is 0 Å². The number of hydrogen-bond donors (Lipinski definition) is 2. The van der Waals surface area contributed by atoms with E-state index in [1.807, 2.05) is 6.92 Å². The van der Waals surface area contributed by atoms with Crippen LogP contribution in [0, 0.1) is 0 Å². The molecule has 0 aliphatic rings. The second kappa shape index (κ2) is 6.63. The number of nitrogens with two attached hydrogens (primary N) is 1. The Hall–Kier alpha value is -2.24. The smallest absolute Gasteiger partial charge is 0.328 e. The number of nitrogens with one attached hydrogen (secondary N) is 1. The number of nitrogen functional groups attached to an aromatic ring is 1. The lowest BCUT2D eigenvalue weighted by atomic mass is 10.1. The van der Waals surface area contributed by atoms with E-state index in [2.05, 4.69) is 10.1 Å². The van der Waals surface area contributed by atoms with Crippen molar-refractivity contribution in [3.8, 4) is 5.75 Å². The van der Waals surface area contributed by atoms with Crippen LogP contribution in [0.1, 0.15) is 24.2 Å². The maximum absolute atomic E-state index is 12.0. The van der Waals surface area contributed by atoms with Gasteiger partial charge in [0.25, 0.3) is 5.91 Å². The second-order valence-corrected chi connectivity index (χ2v) is 3.94. The predicted octanol–water partition coefficient (Wildman–Crippen LogP) is 0.959. The molecule has 6 heteroatoms. The molecule has 1 rings (SSSR count). The van der Waals surface area contributed by atoms with Crippen LogP contribution in [0.5, 0.6) is 5.75 Å². The maximum Gasteiger partial charge on any atom is 0.328 e. The maximum atomic E-state index is 12.0. The molecule has 0 heterocycles. The molecule has 0 aromatic heterocycles. The number of methoxy groups -OCH3 is 1. The number of benzene rings is 1. The van der Waals surface area contributed by atoms with Gasteiger partial charge in [-0.1, -0.05) is 0 Å². The molecular weight excluding hydrogens is 248 g/mol. The van der Waals surface area contributed by atoms with Gasteiger partial charge in [-0.15, -0.1) is 0 Å². The first-order valence-corrected chi connectivity index (χ1v) is 5.90. The van der Waals surface area contributed by atoms with Crippen LogP contribution in [-0.4, -0.2) is 31.6 Å². The summed E-state index contributed by atoms with van der Waals surface area (Å²) in [7, 11) is 1.26. The molecule has 3 N–H and O–H groups in total. The van der Waals surface area contributed by atoms with Crippen molar-refractivity contribution in [3.63, 3.8) is 0 Å². The minimum absolute atomic E-state index is 0.333. The lowest BCUT2D eigenvalue weighted by Crippen LogP contribution is -2.39. The van der Waals surface area contributed by atoms with Crippen molar-refractivity contribution in [2.75, 3.05) is 19.5 Å². The highest BCUT2D eigenvalue weighted by Crippen LogP contribution is 2.19. The van der Waals surface area contributed by atoms with Crippen molar-refractivity contribution >= 4 is 17.6 Å². The fourth-order valence-electron chi connectivity index (χ4n) is 1.52. The van der Waals surface area contributed by atoms with E-state index in [0.29, 0.717) is 23.6 Å². The molecule has 1 atom stereocenters. The Morgan fingerprint density at radius 2 is 2.05 bits per heavy atom. The molecule has 1 aromatic carbocycles. The molecule has 0 aliphatic carbocycles. The summed E-state index contributed by atoms with van der Waals surface area (Å²) in [6.07, 6.45) is 0. The molecule has 1 unspecified atom stereocenters. The van der Waals surface area contributed by atoms with Crippen LogP contribution in [0.25, 0.3) is 0 Å². The summed E-state index contributed by atoms with van der Waals surface area (Å²) in [6, 6.07) is 3.99. The molecule has 0 fully saturated rings. The highest BCUT2D eigenvalue weighted by molar-refractivity contribution is 5.97. The van der Waals surface area contributed by atoms with Gasteiger partial charge in [0.15, 0.2) is 0 Å². The molecule has 104 valence electrons. The number of carbonyl (C=O) groups excluding carboxylic acids is 2. The SMILES string of the molecule is CCOc1cc(N)cc(C(=O)NC(C)C(=O)OC)c1. The number of anilines is 1. The highest BCUT2D eigenvalue weighted by Gasteiger charge is 2.17. The van der Waals surface area contributed by atoms with Gasteiger partial charge in [-0.25, -0.2) is 4.79 Å². The molecule has 0 saturated carbocycles. The molecule has 19 heavy (non-hydrogen) atoms. The fourth-order valence-corrected chi connectivity index (χ4v) is 1.52. The van der Waals surface area contributed by atoms with E-state index in [1.165, 1.54) is 13.2 Å². The Balaban J connectivity index is 2.84. The first-order valence-electron chi connectivity index (χ1n) is 5.90. The largest absolute Gasteiger partial charge is 0.494 e. The van der Waals surface area contributed by atoms with E-state index in [4.69, 9.17) is 10.5 Å². The molecule has 1 amide bonds. The predicted molar refractivity (Wildman–Crippen MR) is 71.0 cm³/mol. The third-order valence-electron chi connectivity index (χ3n) is 2.40. The van der Waals surface area contributed by atoms with Gasteiger partial charge in [0.2, 0.25) is 0 Å². The summed E-state index contributed by atoms with van der Waals surface area (Å²) in [5.41, 5.74) is 6.44. The standard InChI is InChI=1S/C13H18N2O4/c1-4-19-11-6-9(5-10(14)7-11)12(16)15-8(2)13(17)18-3/h5-8H,4,14H2,1-3H3,(H,15,16). The fraction of sp³-hybridized carbons (Fsp3) is 0.385. The summed E-state index contributed by atoms with van der Waals surface area (Å²) >= 11 is 0. The summed E-state index contributed by atoms with van der Waals surface area (Å²) in [6.45, 7) is 3.85. The van der Waals surface area contributed by atoms with Crippen molar-refractivity contribution in [2.24, 2.45) is 0 Å². The Labute approximate surface area is 111 Å². The Bertz CT molecular complexity index is 474. The first-order chi connectivity index (χ1) is 8.97. The number of ether oxygens (including phenoxy) is 2. The average Bonchev–Trinajstić information content (AvgIpc) is 2.37. The summed E-state index contributed by atoms with van der Waals surface area (Å²) in [4.78, 5) is 23.2. The highest BCUT2D eigenvalue weighted by atomic mass is 16.5. The Morgan fingerprint density at radius 3 is 2.63 bits per heavy atom. The zero-order chi connectivity index (χ0) is 14.4. The van der Waals surface area contributed by atoms with Crippen molar-refractivity contribution in [3.05, 3.63) is 23.8 Å². The minimum atomic E-state index is -0.727. The van der Waals surface area contributed by atoms with Gasteiger partial charge in [0, 0.05) is 17.3 Å². The van der Waals surface area contributed by atoms with Crippen molar-refractivity contribution in [2.45, 2.75) is 19.9 Å². The number of esters is 1. The average molecular weight is 266 g/mol. The van der Waals surface area contributed by atoms with Crippen LogP contribution in [-0.2, 0) is 9.53 Å². The number of amides is 1. The Morgan fingerprint density at radius 1 is 1.37 bits per heavy atom. The van der Waals surface area contributed by atoms with Crippen LogP contribution < -0.4 is 15.8 Å². The van der Waals surface area contributed by atoms with Gasteiger partial charge < -0.3 is 20.5 Å². The van der Waals surface area contributed by atoms with Gasteiger partial charge in [0.05, 0.1) is 13.7 Å². The second-order valence-electron chi connectivity index (χ2n) is 3.94. The normalized spacial score (nSPS) is 11.5. The van der Waals surface area contributed by atoms with E-state index >= 15 is 0 Å². The molecule has 0 aliphatic heterocycles. The lowest BCUT2D eigenvalue weighted by molar-refractivity contribution is -0.142. The summed E-state index contributed by atoms with van der Waals surface area (Å²) < 4.78 is 9.83. The third kappa shape index (κ3) is 4.17. The van der Waals surface area contributed by atoms with Gasteiger partial charge in [-0.05, 0) is 26.0 Å². The van der Waals surface area contributed by atoms with Crippen molar-refractivity contribution in [1.82, 2.24) is 5.32 Å². The molecule has 6 nitrogen and oxygen atoms in total. The topological polar surface area (TPSA) is 90.6 Å². The molecule has 1 aromatic rings. The third-order valence-corrected chi connectivity index (χ3v) is 2.40. The molecule has 0 bridgehead atoms. The molecule has 0 radical (unpaired) electrons.